The Morgan fingerprint density at radius 3 is 2.44 bits per heavy atom. The maximum absolute atomic E-state index is 11.1. The van der Waals surface area contributed by atoms with Gasteiger partial charge in [0.25, 0.3) is 0 Å². The Morgan fingerprint density at radius 1 is 1.11 bits per heavy atom. The van der Waals surface area contributed by atoms with Crippen LogP contribution in [0.3, 0.4) is 0 Å². The Morgan fingerprint density at radius 2 is 1.83 bits per heavy atom. The maximum atomic E-state index is 11.1. The number of halogens is 3. The Balaban J connectivity index is 2.64. The molecule has 0 spiro atoms. The van der Waals surface area contributed by atoms with Crippen molar-refractivity contribution in [1.29, 1.82) is 0 Å². The topological polar surface area (TPSA) is 37.3 Å². The van der Waals surface area contributed by atoms with Gasteiger partial charge in [-0.1, -0.05) is 41.4 Å². The number of carboxylic acids is 1. The molecule has 92 valence electrons. The highest BCUT2D eigenvalue weighted by Gasteiger charge is 2.14. The fraction of sp³-hybridized carbons (Fsp3) is 0. The van der Waals surface area contributed by atoms with Crippen molar-refractivity contribution in [2.24, 2.45) is 0 Å². The molecule has 0 bridgehead atoms. The highest BCUT2D eigenvalue weighted by molar-refractivity contribution is 9.10. The van der Waals surface area contributed by atoms with Crippen LogP contribution in [0.4, 0.5) is 0 Å². The van der Waals surface area contributed by atoms with Crippen molar-refractivity contribution in [1.82, 2.24) is 0 Å². The lowest BCUT2D eigenvalue weighted by atomic mass is 10.0. The van der Waals surface area contributed by atoms with Gasteiger partial charge in [-0.25, -0.2) is 4.79 Å². The zero-order valence-electron chi connectivity index (χ0n) is 8.95. The standard InChI is InChI=1S/C13H7BrCl2O2/c14-12-9(2-1-3-10(12)13(17)18)8-5-4-7(15)6-11(8)16/h1-6H,(H,17,18). The molecule has 0 aliphatic rings. The van der Waals surface area contributed by atoms with Gasteiger partial charge in [0.1, 0.15) is 0 Å². The second-order valence-electron chi connectivity index (χ2n) is 3.60. The van der Waals surface area contributed by atoms with Crippen LogP contribution in [-0.2, 0) is 0 Å². The average Bonchev–Trinajstić information content (AvgIpc) is 2.30. The van der Waals surface area contributed by atoms with Gasteiger partial charge in [0, 0.05) is 20.1 Å². The Kier molecular flexibility index (Phi) is 3.95. The number of carboxylic acid groups (broad SMARTS) is 1. The van der Waals surface area contributed by atoms with Crippen LogP contribution in [0, 0.1) is 0 Å². The van der Waals surface area contributed by atoms with Crippen LogP contribution in [-0.4, -0.2) is 11.1 Å². The van der Waals surface area contributed by atoms with Gasteiger partial charge >= 0.3 is 5.97 Å². The van der Waals surface area contributed by atoms with Crippen molar-refractivity contribution < 1.29 is 9.90 Å². The van der Waals surface area contributed by atoms with E-state index in [0.717, 1.165) is 11.1 Å². The molecule has 1 N–H and O–H groups in total. The molecule has 0 aliphatic heterocycles. The van der Waals surface area contributed by atoms with Crippen LogP contribution < -0.4 is 0 Å². The summed E-state index contributed by atoms with van der Waals surface area (Å²) in [5.41, 5.74) is 1.64. The third-order valence-corrected chi connectivity index (χ3v) is 3.85. The molecule has 0 heterocycles. The molecule has 0 fully saturated rings. The third-order valence-electron chi connectivity index (χ3n) is 2.45. The van der Waals surface area contributed by atoms with E-state index < -0.39 is 5.97 Å². The minimum atomic E-state index is -0.992. The quantitative estimate of drug-likeness (QED) is 0.820. The zero-order valence-corrected chi connectivity index (χ0v) is 12.1. The zero-order chi connectivity index (χ0) is 13.3. The number of aromatic carboxylic acids is 1. The Bertz CT molecular complexity index is 626. The first-order valence-corrected chi connectivity index (χ1v) is 6.53. The van der Waals surface area contributed by atoms with E-state index in [0.29, 0.717) is 14.5 Å². The van der Waals surface area contributed by atoms with Crippen molar-refractivity contribution in [2.75, 3.05) is 0 Å². The highest BCUT2D eigenvalue weighted by Crippen LogP contribution is 2.36. The molecular formula is C13H7BrCl2O2. The summed E-state index contributed by atoms with van der Waals surface area (Å²) in [6.45, 7) is 0. The minimum Gasteiger partial charge on any atom is -0.478 e. The van der Waals surface area contributed by atoms with Crippen molar-refractivity contribution in [3.63, 3.8) is 0 Å². The van der Waals surface area contributed by atoms with Crippen LogP contribution in [0.15, 0.2) is 40.9 Å². The highest BCUT2D eigenvalue weighted by atomic mass is 79.9. The summed E-state index contributed by atoms with van der Waals surface area (Å²) in [5, 5.41) is 10.1. The van der Waals surface area contributed by atoms with Crippen LogP contribution in [0.25, 0.3) is 11.1 Å². The van der Waals surface area contributed by atoms with Gasteiger partial charge in [-0.05, 0) is 39.7 Å². The van der Waals surface area contributed by atoms with E-state index in [9.17, 15) is 4.79 Å². The summed E-state index contributed by atoms with van der Waals surface area (Å²) in [7, 11) is 0. The largest absolute Gasteiger partial charge is 0.478 e. The predicted octanol–water partition coefficient (Wildman–Crippen LogP) is 5.12. The van der Waals surface area contributed by atoms with Crippen LogP contribution in [0.1, 0.15) is 10.4 Å². The first-order chi connectivity index (χ1) is 8.50. The van der Waals surface area contributed by atoms with Crippen molar-refractivity contribution in [3.8, 4) is 11.1 Å². The van der Waals surface area contributed by atoms with Gasteiger partial charge in [-0.2, -0.15) is 0 Å². The SMILES string of the molecule is O=C(O)c1cccc(-c2ccc(Cl)cc2Cl)c1Br. The van der Waals surface area contributed by atoms with E-state index in [-0.39, 0.29) is 5.56 Å². The summed E-state index contributed by atoms with van der Waals surface area (Å²) < 4.78 is 0.502. The first-order valence-electron chi connectivity index (χ1n) is 4.98. The van der Waals surface area contributed by atoms with E-state index in [1.807, 2.05) is 0 Å². The van der Waals surface area contributed by atoms with Crippen molar-refractivity contribution >= 4 is 45.1 Å². The normalized spacial score (nSPS) is 10.4. The summed E-state index contributed by atoms with van der Waals surface area (Å²) in [5.74, 6) is -0.992. The lowest BCUT2D eigenvalue weighted by Crippen LogP contribution is -1.98. The number of rotatable bonds is 2. The van der Waals surface area contributed by atoms with Gasteiger partial charge < -0.3 is 5.11 Å². The molecule has 0 amide bonds. The molecule has 0 saturated heterocycles. The Hall–Kier alpha value is -1.03. The third kappa shape index (κ3) is 2.53. The first kappa shape index (κ1) is 13.4. The van der Waals surface area contributed by atoms with Gasteiger partial charge in [0.15, 0.2) is 0 Å². The summed E-state index contributed by atoms with van der Waals surface area (Å²) in [6.07, 6.45) is 0. The summed E-state index contributed by atoms with van der Waals surface area (Å²) in [6, 6.07) is 10.1. The van der Waals surface area contributed by atoms with Gasteiger partial charge in [-0.3, -0.25) is 0 Å². The van der Waals surface area contributed by atoms with Gasteiger partial charge in [0.05, 0.1) is 5.56 Å². The van der Waals surface area contributed by atoms with E-state index in [2.05, 4.69) is 15.9 Å². The van der Waals surface area contributed by atoms with Gasteiger partial charge in [-0.15, -0.1) is 0 Å². The van der Waals surface area contributed by atoms with Crippen molar-refractivity contribution in [2.45, 2.75) is 0 Å². The fourth-order valence-corrected chi connectivity index (χ4v) is 2.77. The van der Waals surface area contributed by atoms with Gasteiger partial charge in [0.2, 0.25) is 0 Å². The molecular weight excluding hydrogens is 339 g/mol. The number of benzene rings is 2. The molecule has 2 rings (SSSR count). The average molecular weight is 346 g/mol. The van der Waals surface area contributed by atoms with E-state index >= 15 is 0 Å². The van der Waals surface area contributed by atoms with Crippen LogP contribution in [0.5, 0.6) is 0 Å². The van der Waals surface area contributed by atoms with Crippen LogP contribution in [0.2, 0.25) is 10.0 Å². The van der Waals surface area contributed by atoms with Crippen LogP contribution >= 0.6 is 39.1 Å². The molecule has 0 aliphatic carbocycles. The molecule has 0 atom stereocenters. The predicted molar refractivity (Wildman–Crippen MR) is 76.6 cm³/mol. The fourth-order valence-electron chi connectivity index (χ4n) is 1.61. The van der Waals surface area contributed by atoms with Crippen molar-refractivity contribution in [3.05, 3.63) is 56.5 Å². The Labute approximate surface area is 122 Å². The molecule has 2 aromatic rings. The second-order valence-corrected chi connectivity index (χ2v) is 5.23. The number of hydrogen-bond acceptors (Lipinski definition) is 1. The lowest BCUT2D eigenvalue weighted by Gasteiger charge is -2.09. The molecule has 0 aromatic heterocycles. The lowest BCUT2D eigenvalue weighted by molar-refractivity contribution is 0.0696. The molecule has 0 unspecified atom stereocenters. The molecule has 18 heavy (non-hydrogen) atoms. The molecule has 5 heteroatoms. The van der Waals surface area contributed by atoms with E-state index in [4.69, 9.17) is 28.3 Å². The van der Waals surface area contributed by atoms with E-state index in [1.165, 1.54) is 6.07 Å². The maximum Gasteiger partial charge on any atom is 0.336 e. The molecule has 0 saturated carbocycles. The molecule has 2 aromatic carbocycles. The monoisotopic (exact) mass is 344 g/mol. The summed E-state index contributed by atoms with van der Waals surface area (Å²) >= 11 is 15.2. The second kappa shape index (κ2) is 5.31. The minimum absolute atomic E-state index is 0.193. The smallest absolute Gasteiger partial charge is 0.336 e. The van der Waals surface area contributed by atoms with E-state index in [1.54, 1.807) is 30.3 Å². The molecule has 0 radical (unpaired) electrons. The summed E-state index contributed by atoms with van der Waals surface area (Å²) in [4.78, 5) is 11.1. The molecule has 2 nitrogen and oxygen atoms in total. The number of carbonyl (C=O) groups is 1. The number of hydrogen-bond donors (Lipinski definition) is 1.